The van der Waals surface area contributed by atoms with Crippen LogP contribution < -0.4 is 4.74 Å². The molecule has 264 valence electrons. The average molecular weight is 687 g/mol. The first-order valence-corrected chi connectivity index (χ1v) is 16.9. The van der Waals surface area contributed by atoms with Gasteiger partial charge in [0.2, 0.25) is 6.29 Å². The molecule has 0 amide bonds. The maximum absolute atomic E-state index is 13.8. The van der Waals surface area contributed by atoms with Crippen LogP contribution in [0.2, 0.25) is 0 Å². The predicted octanol–water partition coefficient (Wildman–Crippen LogP) is 4.35. The predicted molar refractivity (Wildman–Crippen MR) is 183 cm³/mol. The summed E-state index contributed by atoms with van der Waals surface area (Å²) in [6.07, 6.45) is -4.59. The SMILES string of the molecule is Cc1c(C(=O)CCc2ccccc2CCc2ccccc2)c(O)c2c(OC3OC(C4(O)CCCC4)C(O)C(O)C3O)cc(C(=O)O)cc2c1O. The number of carboxylic acid groups (broad SMARTS) is 1. The summed E-state index contributed by atoms with van der Waals surface area (Å²) in [5, 5.41) is 75.9. The molecule has 5 atom stereocenters. The number of aromatic carboxylic acids is 1. The summed E-state index contributed by atoms with van der Waals surface area (Å²) in [5.74, 6) is -3.24. The molecule has 0 spiro atoms. The van der Waals surface area contributed by atoms with Crippen LogP contribution in [-0.4, -0.2) is 83.8 Å². The molecule has 1 aliphatic heterocycles. The van der Waals surface area contributed by atoms with Crippen molar-refractivity contribution in [2.75, 3.05) is 0 Å². The second-order valence-electron chi connectivity index (χ2n) is 13.4. The van der Waals surface area contributed by atoms with Gasteiger partial charge in [-0.05, 0) is 67.9 Å². The molecular weight excluding hydrogens is 644 g/mol. The van der Waals surface area contributed by atoms with Crippen molar-refractivity contribution in [3.8, 4) is 17.2 Å². The van der Waals surface area contributed by atoms with Gasteiger partial charge in [0, 0.05) is 17.4 Å². The fourth-order valence-electron chi connectivity index (χ4n) is 7.36. The van der Waals surface area contributed by atoms with Crippen molar-refractivity contribution in [2.45, 2.75) is 94.6 Å². The highest BCUT2D eigenvalue weighted by Gasteiger charge is 2.54. The number of hydrogen-bond acceptors (Lipinski definition) is 10. The minimum absolute atomic E-state index is 0.0140. The van der Waals surface area contributed by atoms with E-state index in [2.05, 4.69) is 12.1 Å². The maximum Gasteiger partial charge on any atom is 0.335 e. The van der Waals surface area contributed by atoms with Crippen molar-refractivity contribution in [1.29, 1.82) is 0 Å². The number of aromatic hydroxyl groups is 2. The van der Waals surface area contributed by atoms with Gasteiger partial charge >= 0.3 is 5.97 Å². The molecule has 5 unspecified atom stereocenters. The summed E-state index contributed by atoms with van der Waals surface area (Å²) in [4.78, 5) is 25.9. The maximum atomic E-state index is 13.8. The second-order valence-corrected chi connectivity index (χ2v) is 13.4. The second kappa shape index (κ2) is 14.4. The highest BCUT2D eigenvalue weighted by atomic mass is 16.7. The van der Waals surface area contributed by atoms with Gasteiger partial charge in [0.25, 0.3) is 0 Å². The van der Waals surface area contributed by atoms with Gasteiger partial charge in [0.1, 0.15) is 41.7 Å². The van der Waals surface area contributed by atoms with E-state index in [-0.39, 0.29) is 52.5 Å². The van der Waals surface area contributed by atoms with E-state index in [1.165, 1.54) is 12.5 Å². The number of phenols is 2. The number of ketones is 1. The van der Waals surface area contributed by atoms with E-state index in [0.717, 1.165) is 36.1 Å². The lowest BCUT2D eigenvalue weighted by atomic mass is 9.85. The zero-order valence-corrected chi connectivity index (χ0v) is 27.7. The lowest BCUT2D eigenvalue weighted by Crippen LogP contribution is -2.65. The summed E-state index contributed by atoms with van der Waals surface area (Å²) in [6.45, 7) is 1.45. The number of ether oxygens (including phenoxy) is 2. The van der Waals surface area contributed by atoms with Crippen LogP contribution in [0.25, 0.3) is 10.8 Å². The van der Waals surface area contributed by atoms with Crippen molar-refractivity contribution in [3.63, 3.8) is 0 Å². The lowest BCUT2D eigenvalue weighted by molar-refractivity contribution is -0.303. The third-order valence-corrected chi connectivity index (χ3v) is 10.2. The largest absolute Gasteiger partial charge is 0.507 e. The molecule has 1 aliphatic carbocycles. The molecule has 2 aliphatic rings. The monoisotopic (exact) mass is 686 g/mol. The fourth-order valence-corrected chi connectivity index (χ4v) is 7.36. The Morgan fingerprint density at radius 2 is 1.48 bits per heavy atom. The fraction of sp³-hybridized carbons (Fsp3) is 0.385. The topological polar surface area (TPSA) is 194 Å². The van der Waals surface area contributed by atoms with Crippen LogP contribution in [-0.2, 0) is 24.0 Å². The molecule has 11 heteroatoms. The number of carboxylic acids is 1. The molecule has 0 aromatic heterocycles. The molecule has 1 saturated carbocycles. The van der Waals surface area contributed by atoms with E-state index in [4.69, 9.17) is 9.47 Å². The molecule has 6 rings (SSSR count). The molecule has 11 nitrogen and oxygen atoms in total. The highest BCUT2D eigenvalue weighted by Crippen LogP contribution is 2.46. The normalized spacial score (nSPS) is 23.2. The van der Waals surface area contributed by atoms with Crippen molar-refractivity contribution >= 4 is 22.5 Å². The summed E-state index contributed by atoms with van der Waals surface area (Å²) < 4.78 is 11.8. The molecule has 1 heterocycles. The van der Waals surface area contributed by atoms with Crippen molar-refractivity contribution in [2.24, 2.45) is 0 Å². The lowest BCUT2D eigenvalue weighted by Gasteiger charge is -2.45. The van der Waals surface area contributed by atoms with Gasteiger partial charge in [0.15, 0.2) is 5.78 Å². The van der Waals surface area contributed by atoms with E-state index in [1.54, 1.807) is 0 Å². The van der Waals surface area contributed by atoms with Gasteiger partial charge in [-0.25, -0.2) is 4.79 Å². The number of Topliss-reactive ketones (excluding diaryl/α,β-unsaturated/α-hetero) is 1. The van der Waals surface area contributed by atoms with E-state index >= 15 is 0 Å². The molecule has 0 radical (unpaired) electrons. The van der Waals surface area contributed by atoms with Crippen LogP contribution in [0.4, 0.5) is 0 Å². The number of aliphatic hydroxyl groups is 4. The molecule has 4 aromatic carbocycles. The van der Waals surface area contributed by atoms with Crippen molar-refractivity contribution < 1.29 is 54.8 Å². The Morgan fingerprint density at radius 1 is 0.840 bits per heavy atom. The van der Waals surface area contributed by atoms with Gasteiger partial charge in [-0.2, -0.15) is 0 Å². The Bertz CT molecular complexity index is 1880. The Labute approximate surface area is 289 Å². The first kappa shape index (κ1) is 35.3. The van der Waals surface area contributed by atoms with Crippen LogP contribution in [0.15, 0.2) is 66.7 Å². The van der Waals surface area contributed by atoms with Crippen molar-refractivity contribution in [1.82, 2.24) is 0 Å². The Hall–Kier alpha value is -4.52. The average Bonchev–Trinajstić information content (AvgIpc) is 3.56. The number of hydrogen-bond donors (Lipinski definition) is 7. The highest BCUT2D eigenvalue weighted by molar-refractivity contribution is 6.11. The van der Waals surface area contributed by atoms with E-state index in [1.807, 2.05) is 42.5 Å². The van der Waals surface area contributed by atoms with Crippen LogP contribution >= 0.6 is 0 Å². The molecular formula is C39H42O11. The molecule has 7 N–H and O–H groups in total. The summed E-state index contributed by atoms with van der Waals surface area (Å²) >= 11 is 0. The number of carbonyl (C=O) groups excluding carboxylic acids is 1. The van der Waals surface area contributed by atoms with Gasteiger partial charge < -0.3 is 45.2 Å². The number of phenolic OH excluding ortho intramolecular Hbond substituents is 2. The number of rotatable bonds is 11. The smallest absolute Gasteiger partial charge is 0.335 e. The zero-order chi connectivity index (χ0) is 35.7. The van der Waals surface area contributed by atoms with Gasteiger partial charge in [-0.3, -0.25) is 4.79 Å². The third kappa shape index (κ3) is 6.79. The number of benzene rings is 4. The Kier molecular flexibility index (Phi) is 10.2. The van der Waals surface area contributed by atoms with Crippen LogP contribution in [0.5, 0.6) is 17.2 Å². The molecule has 4 aromatic rings. The van der Waals surface area contributed by atoms with Crippen LogP contribution in [0.3, 0.4) is 0 Å². The first-order valence-electron chi connectivity index (χ1n) is 16.9. The molecule has 1 saturated heterocycles. The van der Waals surface area contributed by atoms with Crippen molar-refractivity contribution in [3.05, 3.63) is 100 Å². The number of aryl methyl sites for hydroxylation is 3. The molecule has 50 heavy (non-hydrogen) atoms. The van der Waals surface area contributed by atoms with Gasteiger partial charge in [0.05, 0.1) is 22.1 Å². The first-order chi connectivity index (χ1) is 23.9. The molecule has 2 fully saturated rings. The van der Waals surface area contributed by atoms with Crippen LogP contribution in [0.1, 0.15) is 75.1 Å². The minimum Gasteiger partial charge on any atom is -0.507 e. The van der Waals surface area contributed by atoms with E-state index in [0.29, 0.717) is 19.3 Å². The molecule has 0 bridgehead atoms. The Balaban J connectivity index is 1.32. The summed E-state index contributed by atoms with van der Waals surface area (Å²) in [5.41, 5.74) is 1.26. The number of carbonyl (C=O) groups is 2. The Morgan fingerprint density at radius 3 is 2.14 bits per heavy atom. The summed E-state index contributed by atoms with van der Waals surface area (Å²) in [7, 11) is 0. The zero-order valence-electron chi connectivity index (χ0n) is 27.7. The van der Waals surface area contributed by atoms with Gasteiger partial charge in [-0.1, -0.05) is 67.4 Å². The third-order valence-electron chi connectivity index (χ3n) is 10.2. The quantitative estimate of drug-likeness (QED) is 0.0876. The summed E-state index contributed by atoms with van der Waals surface area (Å²) in [6, 6.07) is 20.0. The van der Waals surface area contributed by atoms with E-state index in [9.17, 15) is 45.3 Å². The standard InChI is InChI=1S/C39H42O11/c1-21-29(27(40)16-15-24-12-6-5-11-23(24)14-13-22-9-3-2-4-10-22)32(42)30-26(31(21)41)19-25(37(46)47)20-28(30)49-38-35(45)33(43)34(44)36(50-38)39(48)17-7-8-18-39/h2-6,9-12,19-20,33-36,38,41-45,48H,7-8,13-18H2,1H3,(H,46,47). The minimum atomic E-state index is -1.85. The van der Waals surface area contributed by atoms with Gasteiger partial charge in [-0.15, -0.1) is 0 Å². The number of fused-ring (bicyclic) bond motifs is 1. The van der Waals surface area contributed by atoms with E-state index < -0.39 is 59.6 Å². The number of aliphatic hydroxyl groups excluding tert-OH is 3. The van der Waals surface area contributed by atoms with Crippen LogP contribution in [0, 0.1) is 6.92 Å².